The Morgan fingerprint density at radius 3 is 1.56 bits per heavy atom. The van der Waals surface area contributed by atoms with Crippen molar-refractivity contribution in [1.82, 2.24) is 0 Å². The normalized spacial score (nSPS) is 13.8. The van der Waals surface area contributed by atoms with Crippen LogP contribution in [0.4, 0.5) is 0 Å². The average Bonchev–Trinajstić information content (AvgIpc) is 3.13. The number of carbonyl (C=O) groups excluding carboxylic acids is 1. The van der Waals surface area contributed by atoms with Gasteiger partial charge in [-0.1, -0.05) is 167 Å². The predicted molar refractivity (Wildman–Crippen MR) is 219 cm³/mol. The van der Waals surface area contributed by atoms with Gasteiger partial charge in [0.25, 0.3) is 0 Å². The Bertz CT molecular complexity index is 895. The molecule has 0 aromatic rings. The Balaban J connectivity index is 4.09. The van der Waals surface area contributed by atoms with Gasteiger partial charge in [0.1, 0.15) is 6.61 Å². The van der Waals surface area contributed by atoms with Crippen LogP contribution in [-0.4, -0.2) is 43.3 Å². The maximum atomic E-state index is 12.5. The van der Waals surface area contributed by atoms with Crippen molar-refractivity contribution in [2.45, 2.75) is 206 Å². The molecule has 0 aliphatic rings. The number of phosphoric acid groups is 1. The van der Waals surface area contributed by atoms with Gasteiger partial charge in [0, 0.05) is 13.0 Å². The molecule has 306 valence electrons. The fraction of sp³-hybridized carbons (Fsp3) is 0.837. The molecule has 0 aromatic carbocycles. The fourth-order valence-electron chi connectivity index (χ4n) is 5.93. The molecule has 0 aliphatic carbocycles. The molecule has 0 saturated carbocycles. The third-order valence-electron chi connectivity index (χ3n) is 9.12. The summed E-state index contributed by atoms with van der Waals surface area (Å²) in [7, 11) is -4.29. The number of hydrogen-bond donors (Lipinski definition) is 2. The number of hydrogen-bond acceptors (Lipinski definition) is 7. The zero-order valence-corrected chi connectivity index (χ0v) is 34.7. The van der Waals surface area contributed by atoms with Crippen molar-refractivity contribution in [3.05, 3.63) is 36.6 Å². The summed E-state index contributed by atoms with van der Waals surface area (Å²) in [5, 5.41) is 0. The van der Waals surface area contributed by atoms with Gasteiger partial charge in [0.2, 0.25) is 0 Å². The van der Waals surface area contributed by atoms with Gasteiger partial charge in [-0.3, -0.25) is 13.8 Å². The van der Waals surface area contributed by atoms with Gasteiger partial charge in [-0.15, -0.1) is 0 Å². The van der Waals surface area contributed by atoms with Crippen molar-refractivity contribution >= 4 is 13.8 Å². The van der Waals surface area contributed by atoms with E-state index in [0.717, 1.165) is 57.8 Å². The third-order valence-corrected chi connectivity index (χ3v) is 10.1. The second-order valence-corrected chi connectivity index (χ2v) is 15.7. The lowest BCUT2D eigenvalue weighted by Gasteiger charge is -2.19. The van der Waals surface area contributed by atoms with E-state index >= 15 is 0 Å². The summed E-state index contributed by atoms with van der Waals surface area (Å²) in [4.78, 5) is 22.4. The van der Waals surface area contributed by atoms with E-state index in [1.54, 1.807) is 6.26 Å². The van der Waals surface area contributed by atoms with Crippen LogP contribution in [-0.2, 0) is 27.9 Å². The van der Waals surface area contributed by atoms with Crippen molar-refractivity contribution in [3.63, 3.8) is 0 Å². The van der Waals surface area contributed by atoms with Crippen molar-refractivity contribution in [1.29, 1.82) is 0 Å². The second-order valence-electron chi connectivity index (χ2n) is 14.3. The lowest BCUT2D eigenvalue weighted by Crippen LogP contribution is -2.27. The van der Waals surface area contributed by atoms with Crippen LogP contribution in [0.25, 0.3) is 0 Å². The van der Waals surface area contributed by atoms with Crippen LogP contribution in [0.5, 0.6) is 0 Å². The molecule has 0 fully saturated rings. The summed E-state index contributed by atoms with van der Waals surface area (Å²) in [6.07, 6.45) is 46.8. The SMILES string of the molecule is CCCCC/C=C\C/C=C\CCCCCCCC(=O)O[C@H](CO/C=C\CCCCCCCCCCCCCCCCCC)COP(=O)(O)OCCN. The van der Waals surface area contributed by atoms with Crippen LogP contribution < -0.4 is 5.73 Å². The quantitative estimate of drug-likeness (QED) is 0.0208. The first-order valence-electron chi connectivity index (χ1n) is 21.5. The van der Waals surface area contributed by atoms with Crippen LogP contribution in [0.1, 0.15) is 200 Å². The first kappa shape index (κ1) is 50.6. The Hall–Kier alpha value is -1.44. The van der Waals surface area contributed by atoms with E-state index in [1.165, 1.54) is 122 Å². The molecule has 0 rings (SSSR count). The highest BCUT2D eigenvalue weighted by atomic mass is 31.2. The first-order valence-corrected chi connectivity index (χ1v) is 23.0. The molecular weight excluding hydrogens is 673 g/mol. The molecule has 0 amide bonds. The zero-order chi connectivity index (χ0) is 38.1. The monoisotopic (exact) mass is 756 g/mol. The number of phosphoric ester groups is 1. The number of carbonyl (C=O) groups is 1. The lowest BCUT2D eigenvalue weighted by atomic mass is 10.0. The summed E-state index contributed by atoms with van der Waals surface area (Å²) in [5.74, 6) is -0.365. The minimum atomic E-state index is -4.29. The van der Waals surface area contributed by atoms with Crippen molar-refractivity contribution in [2.24, 2.45) is 5.73 Å². The molecule has 0 spiro atoms. The molecule has 1 unspecified atom stereocenters. The number of nitrogens with two attached hydrogens (primary N) is 1. The Morgan fingerprint density at radius 2 is 1.04 bits per heavy atom. The van der Waals surface area contributed by atoms with E-state index in [1.807, 2.05) is 6.08 Å². The van der Waals surface area contributed by atoms with E-state index in [-0.39, 0.29) is 38.8 Å². The maximum absolute atomic E-state index is 12.5. The van der Waals surface area contributed by atoms with Crippen LogP contribution in [0.15, 0.2) is 36.6 Å². The number of rotatable bonds is 41. The summed E-state index contributed by atoms with van der Waals surface area (Å²) < 4.78 is 33.2. The standard InChI is InChI=1S/C43H82NO7P/c1-3-5-7-9-11-13-15-17-19-20-21-23-25-27-29-31-33-35-38-48-40-42(41-50-52(46,47)49-39-37-44)51-43(45)36-34-32-30-28-26-24-22-18-16-14-12-10-8-6-4-2/h12,14,18,22,35,38,42H,3-11,13,15-17,19-21,23-34,36-37,39-41,44H2,1-2H3,(H,46,47)/b14-12-,22-18-,38-35-/t42-/m1/s1. The average molecular weight is 756 g/mol. The summed E-state index contributed by atoms with van der Waals surface area (Å²) >= 11 is 0. The molecular formula is C43H82NO7P. The molecule has 0 aromatic heterocycles. The van der Waals surface area contributed by atoms with Gasteiger partial charge < -0.3 is 20.1 Å². The molecule has 9 heteroatoms. The van der Waals surface area contributed by atoms with Crippen LogP contribution in [0, 0.1) is 0 Å². The highest BCUT2D eigenvalue weighted by Gasteiger charge is 2.25. The summed E-state index contributed by atoms with van der Waals surface area (Å²) in [6.45, 7) is 4.21. The van der Waals surface area contributed by atoms with Crippen LogP contribution in [0.3, 0.4) is 0 Å². The Kier molecular flexibility index (Phi) is 39.6. The summed E-state index contributed by atoms with van der Waals surface area (Å²) in [6, 6.07) is 0. The molecule has 0 heterocycles. The molecule has 52 heavy (non-hydrogen) atoms. The molecule has 8 nitrogen and oxygen atoms in total. The van der Waals surface area contributed by atoms with Gasteiger partial charge in [-0.05, 0) is 57.4 Å². The van der Waals surface area contributed by atoms with E-state index in [2.05, 4.69) is 38.2 Å². The second kappa shape index (κ2) is 40.7. The zero-order valence-electron chi connectivity index (χ0n) is 33.8. The number of unbranched alkanes of at least 4 members (excludes halogenated alkanes) is 24. The van der Waals surface area contributed by atoms with Gasteiger partial charge >= 0.3 is 13.8 Å². The van der Waals surface area contributed by atoms with Crippen molar-refractivity contribution in [3.8, 4) is 0 Å². The van der Waals surface area contributed by atoms with Crippen LogP contribution >= 0.6 is 7.82 Å². The molecule has 3 N–H and O–H groups in total. The number of esters is 1. The Labute approximate surface area is 320 Å². The molecule has 0 radical (unpaired) electrons. The van der Waals surface area contributed by atoms with E-state index in [0.29, 0.717) is 0 Å². The highest BCUT2D eigenvalue weighted by molar-refractivity contribution is 7.47. The summed E-state index contributed by atoms with van der Waals surface area (Å²) in [5.41, 5.74) is 5.36. The third kappa shape index (κ3) is 39.8. The smallest absolute Gasteiger partial charge is 0.472 e. The number of allylic oxidation sites excluding steroid dienone is 5. The molecule has 0 bridgehead atoms. The maximum Gasteiger partial charge on any atom is 0.472 e. The van der Waals surface area contributed by atoms with Gasteiger partial charge in [-0.2, -0.15) is 0 Å². The number of ether oxygens (including phenoxy) is 2. The Morgan fingerprint density at radius 1 is 0.596 bits per heavy atom. The van der Waals surface area contributed by atoms with E-state index in [4.69, 9.17) is 24.3 Å². The van der Waals surface area contributed by atoms with Crippen molar-refractivity contribution < 1.29 is 32.8 Å². The molecule has 0 aliphatic heterocycles. The minimum Gasteiger partial charge on any atom is -0.498 e. The van der Waals surface area contributed by atoms with Crippen molar-refractivity contribution in [2.75, 3.05) is 26.4 Å². The van der Waals surface area contributed by atoms with Crippen LogP contribution in [0.2, 0.25) is 0 Å². The van der Waals surface area contributed by atoms with Gasteiger partial charge in [0.15, 0.2) is 6.10 Å². The van der Waals surface area contributed by atoms with Gasteiger partial charge in [-0.25, -0.2) is 4.57 Å². The topological polar surface area (TPSA) is 117 Å². The minimum absolute atomic E-state index is 0.0280. The van der Waals surface area contributed by atoms with E-state index in [9.17, 15) is 14.3 Å². The molecule has 0 saturated heterocycles. The highest BCUT2D eigenvalue weighted by Crippen LogP contribution is 2.43. The predicted octanol–water partition coefficient (Wildman–Crippen LogP) is 13.0. The largest absolute Gasteiger partial charge is 0.498 e. The molecule has 2 atom stereocenters. The van der Waals surface area contributed by atoms with E-state index < -0.39 is 13.9 Å². The first-order chi connectivity index (χ1) is 25.4. The lowest BCUT2D eigenvalue weighted by molar-refractivity contribution is -0.153. The fourth-order valence-corrected chi connectivity index (χ4v) is 6.70. The van der Waals surface area contributed by atoms with Gasteiger partial charge in [0.05, 0.1) is 19.5 Å².